The van der Waals surface area contributed by atoms with E-state index in [4.69, 9.17) is 4.74 Å². The molecule has 134 valence electrons. The van der Waals surface area contributed by atoms with Crippen molar-refractivity contribution in [2.45, 2.75) is 26.4 Å². The molecular formula is C23H26N2O. The normalized spacial score (nSPS) is 10.8. The lowest BCUT2D eigenvalue weighted by atomic mass is 10.2. The number of nitrogens with zero attached hydrogens (tertiary/aromatic N) is 2. The lowest BCUT2D eigenvalue weighted by Crippen LogP contribution is -2.25. The third kappa shape index (κ3) is 6.01. The smallest absolute Gasteiger partial charge is 0.119 e. The second kappa shape index (κ2) is 9.73. The van der Waals surface area contributed by atoms with Crippen molar-refractivity contribution >= 4 is 0 Å². The van der Waals surface area contributed by atoms with Gasteiger partial charge in [-0.1, -0.05) is 54.1 Å². The lowest BCUT2D eigenvalue weighted by molar-refractivity contribution is 0.221. The molecule has 0 fully saturated rings. The Labute approximate surface area is 156 Å². The summed E-state index contributed by atoms with van der Waals surface area (Å²) in [7, 11) is 0. The van der Waals surface area contributed by atoms with Crippen molar-refractivity contribution in [3.8, 4) is 5.75 Å². The predicted octanol–water partition coefficient (Wildman–Crippen LogP) is 4.86. The zero-order chi connectivity index (χ0) is 18.0. The van der Waals surface area contributed by atoms with Crippen LogP contribution in [0.3, 0.4) is 0 Å². The Kier molecular flexibility index (Phi) is 6.80. The standard InChI is InChI=1S/C23H26N2O/c1-20-10-12-23(13-11-20)26-16-6-15-25(18-21-7-3-2-4-8-21)19-22-9-5-14-24-17-22/h2-5,7-14,17H,6,15-16,18-19H2,1H3. The Bertz CT molecular complexity index is 716. The van der Waals surface area contributed by atoms with Crippen LogP contribution in [0.2, 0.25) is 0 Å². The minimum Gasteiger partial charge on any atom is -0.494 e. The average molecular weight is 346 g/mol. The third-order valence-electron chi connectivity index (χ3n) is 4.29. The van der Waals surface area contributed by atoms with Gasteiger partial charge in [-0.15, -0.1) is 0 Å². The van der Waals surface area contributed by atoms with E-state index in [1.165, 1.54) is 16.7 Å². The molecule has 3 heteroatoms. The van der Waals surface area contributed by atoms with Gasteiger partial charge in [0.15, 0.2) is 0 Å². The van der Waals surface area contributed by atoms with E-state index >= 15 is 0 Å². The summed E-state index contributed by atoms with van der Waals surface area (Å²) in [6.45, 7) is 5.62. The van der Waals surface area contributed by atoms with E-state index in [-0.39, 0.29) is 0 Å². The zero-order valence-corrected chi connectivity index (χ0v) is 15.3. The first kappa shape index (κ1) is 18.2. The first-order valence-corrected chi connectivity index (χ1v) is 9.14. The van der Waals surface area contributed by atoms with Crippen molar-refractivity contribution in [1.29, 1.82) is 0 Å². The molecular weight excluding hydrogens is 320 g/mol. The molecule has 0 aliphatic carbocycles. The van der Waals surface area contributed by atoms with E-state index in [1.54, 1.807) is 0 Å². The number of hydrogen-bond acceptors (Lipinski definition) is 3. The highest BCUT2D eigenvalue weighted by Gasteiger charge is 2.07. The van der Waals surface area contributed by atoms with Crippen LogP contribution in [0.1, 0.15) is 23.1 Å². The van der Waals surface area contributed by atoms with Gasteiger partial charge in [-0.25, -0.2) is 0 Å². The summed E-state index contributed by atoms with van der Waals surface area (Å²) in [6.07, 6.45) is 4.75. The molecule has 1 heterocycles. The van der Waals surface area contributed by atoms with Gasteiger partial charge >= 0.3 is 0 Å². The van der Waals surface area contributed by atoms with Gasteiger partial charge in [0.2, 0.25) is 0 Å². The minimum absolute atomic E-state index is 0.724. The highest BCUT2D eigenvalue weighted by molar-refractivity contribution is 5.26. The Balaban J connectivity index is 1.53. The first-order chi connectivity index (χ1) is 12.8. The maximum atomic E-state index is 5.87. The number of rotatable bonds is 9. The van der Waals surface area contributed by atoms with Crippen LogP contribution in [0.15, 0.2) is 79.1 Å². The first-order valence-electron chi connectivity index (χ1n) is 9.14. The second-order valence-corrected chi connectivity index (χ2v) is 6.57. The molecule has 3 rings (SSSR count). The topological polar surface area (TPSA) is 25.4 Å². The van der Waals surface area contributed by atoms with E-state index in [9.17, 15) is 0 Å². The molecule has 0 saturated heterocycles. The molecule has 0 radical (unpaired) electrons. The molecule has 0 aliphatic rings. The molecule has 3 aromatic rings. The molecule has 1 aromatic heterocycles. The third-order valence-corrected chi connectivity index (χ3v) is 4.29. The lowest BCUT2D eigenvalue weighted by Gasteiger charge is -2.22. The van der Waals surface area contributed by atoms with Gasteiger partial charge in [0, 0.05) is 32.0 Å². The van der Waals surface area contributed by atoms with Crippen LogP contribution in [0.25, 0.3) is 0 Å². The van der Waals surface area contributed by atoms with Crippen molar-refractivity contribution in [3.05, 3.63) is 95.8 Å². The number of ether oxygens (including phenoxy) is 1. The van der Waals surface area contributed by atoms with Gasteiger partial charge < -0.3 is 4.74 Å². The van der Waals surface area contributed by atoms with Crippen LogP contribution in [-0.2, 0) is 13.1 Å². The SMILES string of the molecule is Cc1ccc(OCCCN(Cc2ccccc2)Cc2cccnc2)cc1. The van der Waals surface area contributed by atoms with E-state index in [2.05, 4.69) is 65.3 Å². The summed E-state index contributed by atoms with van der Waals surface area (Å²) in [5, 5.41) is 0. The minimum atomic E-state index is 0.724. The molecule has 0 N–H and O–H groups in total. The quantitative estimate of drug-likeness (QED) is 0.517. The van der Waals surface area contributed by atoms with E-state index in [0.717, 1.165) is 38.4 Å². The molecule has 0 saturated carbocycles. The Morgan fingerprint density at radius 2 is 1.58 bits per heavy atom. The van der Waals surface area contributed by atoms with Crippen LogP contribution < -0.4 is 4.74 Å². The van der Waals surface area contributed by atoms with Crippen LogP contribution in [0.5, 0.6) is 5.75 Å². The molecule has 26 heavy (non-hydrogen) atoms. The zero-order valence-electron chi connectivity index (χ0n) is 15.3. The number of hydrogen-bond donors (Lipinski definition) is 0. The highest BCUT2D eigenvalue weighted by atomic mass is 16.5. The molecule has 0 aliphatic heterocycles. The fourth-order valence-corrected chi connectivity index (χ4v) is 2.92. The van der Waals surface area contributed by atoms with Gasteiger partial charge in [-0.2, -0.15) is 0 Å². The Morgan fingerprint density at radius 1 is 0.846 bits per heavy atom. The fraction of sp³-hybridized carbons (Fsp3) is 0.261. The van der Waals surface area contributed by atoms with Crippen molar-refractivity contribution in [3.63, 3.8) is 0 Å². The van der Waals surface area contributed by atoms with Crippen LogP contribution >= 0.6 is 0 Å². The molecule has 0 bridgehead atoms. The van der Waals surface area contributed by atoms with Gasteiger partial charge in [-0.3, -0.25) is 9.88 Å². The summed E-state index contributed by atoms with van der Waals surface area (Å²) in [5.41, 5.74) is 3.82. The second-order valence-electron chi connectivity index (χ2n) is 6.57. The number of benzene rings is 2. The maximum absolute atomic E-state index is 5.87. The molecule has 0 amide bonds. The van der Waals surface area contributed by atoms with E-state index in [1.807, 2.05) is 30.6 Å². The van der Waals surface area contributed by atoms with E-state index in [0.29, 0.717) is 0 Å². The Hall–Kier alpha value is -2.65. The number of pyridine rings is 1. The van der Waals surface area contributed by atoms with Crippen LogP contribution in [0, 0.1) is 6.92 Å². The van der Waals surface area contributed by atoms with Crippen molar-refractivity contribution in [2.24, 2.45) is 0 Å². The van der Waals surface area contributed by atoms with Crippen LogP contribution in [0.4, 0.5) is 0 Å². The summed E-state index contributed by atoms with van der Waals surface area (Å²) in [6, 6.07) is 23.0. The summed E-state index contributed by atoms with van der Waals surface area (Å²) >= 11 is 0. The number of aromatic nitrogens is 1. The molecule has 0 unspecified atom stereocenters. The summed E-state index contributed by atoms with van der Waals surface area (Å²) < 4.78 is 5.87. The molecule has 2 aromatic carbocycles. The highest BCUT2D eigenvalue weighted by Crippen LogP contribution is 2.13. The van der Waals surface area contributed by atoms with Crippen LogP contribution in [-0.4, -0.2) is 23.0 Å². The fourth-order valence-electron chi connectivity index (χ4n) is 2.92. The monoisotopic (exact) mass is 346 g/mol. The summed E-state index contributed by atoms with van der Waals surface area (Å²) in [4.78, 5) is 6.69. The van der Waals surface area contributed by atoms with Crippen molar-refractivity contribution in [2.75, 3.05) is 13.2 Å². The molecule has 0 spiro atoms. The number of aryl methyl sites for hydroxylation is 1. The van der Waals surface area contributed by atoms with Gasteiger partial charge in [0.25, 0.3) is 0 Å². The maximum Gasteiger partial charge on any atom is 0.119 e. The average Bonchev–Trinajstić information content (AvgIpc) is 2.68. The van der Waals surface area contributed by atoms with E-state index < -0.39 is 0 Å². The molecule has 0 atom stereocenters. The van der Waals surface area contributed by atoms with Crippen molar-refractivity contribution < 1.29 is 4.74 Å². The predicted molar refractivity (Wildman–Crippen MR) is 106 cm³/mol. The van der Waals surface area contributed by atoms with Gasteiger partial charge in [0.1, 0.15) is 5.75 Å². The van der Waals surface area contributed by atoms with Crippen molar-refractivity contribution in [1.82, 2.24) is 9.88 Å². The van der Waals surface area contributed by atoms with Gasteiger partial charge in [0.05, 0.1) is 6.61 Å². The molecule has 3 nitrogen and oxygen atoms in total. The van der Waals surface area contributed by atoms with Gasteiger partial charge in [-0.05, 0) is 42.7 Å². The largest absolute Gasteiger partial charge is 0.494 e. The Morgan fingerprint density at radius 3 is 2.31 bits per heavy atom. The summed E-state index contributed by atoms with van der Waals surface area (Å²) in [5.74, 6) is 0.942.